The van der Waals surface area contributed by atoms with Crippen molar-refractivity contribution in [1.82, 2.24) is 19.9 Å². The lowest BCUT2D eigenvalue weighted by Crippen LogP contribution is -2.42. The first-order chi connectivity index (χ1) is 15.6. The van der Waals surface area contributed by atoms with Gasteiger partial charge < -0.3 is 14.8 Å². The van der Waals surface area contributed by atoms with Crippen LogP contribution in [0.4, 0.5) is 5.82 Å². The molecule has 7 nitrogen and oxygen atoms in total. The van der Waals surface area contributed by atoms with Crippen LogP contribution >= 0.6 is 0 Å². The molecule has 1 aromatic carbocycles. The summed E-state index contributed by atoms with van der Waals surface area (Å²) in [6.07, 6.45) is 4.82. The number of likely N-dealkylation sites (tertiary alicyclic amines) is 1. The van der Waals surface area contributed by atoms with Crippen LogP contribution in [-0.2, 0) is 18.7 Å². The largest absolute Gasteiger partial charge is 0.465 e. The van der Waals surface area contributed by atoms with Crippen molar-refractivity contribution < 1.29 is 9.52 Å². The van der Waals surface area contributed by atoms with Crippen LogP contribution < -0.4 is 5.32 Å². The number of fused-ring (bicyclic) bond motifs is 1. The summed E-state index contributed by atoms with van der Waals surface area (Å²) in [6, 6.07) is 15.8. The lowest BCUT2D eigenvalue weighted by atomic mass is 9.85. The molecule has 1 fully saturated rings. The van der Waals surface area contributed by atoms with Gasteiger partial charge in [-0.2, -0.15) is 0 Å². The van der Waals surface area contributed by atoms with Crippen LogP contribution in [0.2, 0.25) is 0 Å². The van der Waals surface area contributed by atoms with E-state index in [0.717, 1.165) is 52.7 Å². The number of aromatic nitrogens is 3. The van der Waals surface area contributed by atoms with Gasteiger partial charge in [0.1, 0.15) is 23.2 Å². The maximum atomic E-state index is 11.1. The van der Waals surface area contributed by atoms with Crippen LogP contribution in [0.25, 0.3) is 10.9 Å². The molecule has 0 unspecified atom stereocenters. The minimum Gasteiger partial charge on any atom is -0.465 e. The molecule has 0 radical (unpaired) electrons. The van der Waals surface area contributed by atoms with E-state index in [2.05, 4.69) is 15.2 Å². The number of aryl methyl sites for hydroxylation is 1. The van der Waals surface area contributed by atoms with Gasteiger partial charge >= 0.3 is 0 Å². The van der Waals surface area contributed by atoms with Gasteiger partial charge in [-0.05, 0) is 50.1 Å². The van der Waals surface area contributed by atoms with Crippen molar-refractivity contribution in [1.29, 1.82) is 0 Å². The van der Waals surface area contributed by atoms with E-state index in [1.54, 1.807) is 12.4 Å². The molecule has 0 atom stereocenters. The second kappa shape index (κ2) is 8.68. The van der Waals surface area contributed by atoms with Crippen LogP contribution in [0, 0.1) is 6.92 Å². The summed E-state index contributed by atoms with van der Waals surface area (Å²) in [5.74, 6) is 3.35. The summed E-state index contributed by atoms with van der Waals surface area (Å²) in [5, 5.41) is 15.5. The van der Waals surface area contributed by atoms with Crippen LogP contribution in [0.5, 0.6) is 0 Å². The standard InChI is InChI=1S/C25H27N5O2/c1-18-8-9-20(32-18)16-27-24-21-6-2-3-7-22(21)28-23(29-24)17-30-13-10-25(31,11-14-30)19-5-4-12-26-15-19/h2-9,12,15,31H,10-11,13-14,16-17H2,1H3,(H,27,28,29). The number of aliphatic hydroxyl groups is 1. The first-order valence-corrected chi connectivity index (χ1v) is 11.0. The topological polar surface area (TPSA) is 87.3 Å². The molecule has 3 aromatic heterocycles. The summed E-state index contributed by atoms with van der Waals surface area (Å²) < 4.78 is 5.68. The van der Waals surface area contributed by atoms with E-state index < -0.39 is 5.60 Å². The SMILES string of the molecule is Cc1ccc(CNc2nc(CN3CCC(O)(c4cccnc4)CC3)nc3ccccc23)o1. The average molecular weight is 430 g/mol. The molecular formula is C25H27N5O2. The van der Waals surface area contributed by atoms with Gasteiger partial charge in [-0.25, -0.2) is 9.97 Å². The fraction of sp³-hybridized carbons (Fsp3) is 0.320. The van der Waals surface area contributed by atoms with E-state index in [1.165, 1.54) is 0 Å². The Bertz CT molecular complexity index is 1200. The highest BCUT2D eigenvalue weighted by atomic mass is 16.3. The first kappa shape index (κ1) is 20.6. The number of rotatable bonds is 6. The van der Waals surface area contributed by atoms with Gasteiger partial charge in [-0.1, -0.05) is 18.2 Å². The Hall–Kier alpha value is -3.29. The van der Waals surface area contributed by atoms with Crippen LogP contribution in [0.15, 0.2) is 65.3 Å². The van der Waals surface area contributed by atoms with E-state index in [0.29, 0.717) is 25.9 Å². The first-order valence-electron chi connectivity index (χ1n) is 11.0. The molecule has 0 spiro atoms. The van der Waals surface area contributed by atoms with Crippen molar-refractivity contribution in [3.05, 3.63) is 83.8 Å². The van der Waals surface area contributed by atoms with Crippen molar-refractivity contribution in [2.24, 2.45) is 0 Å². The second-order valence-electron chi connectivity index (χ2n) is 8.42. The summed E-state index contributed by atoms with van der Waals surface area (Å²) >= 11 is 0. The van der Waals surface area contributed by atoms with E-state index in [4.69, 9.17) is 14.4 Å². The number of nitrogens with zero attached hydrogens (tertiary/aromatic N) is 4. The lowest BCUT2D eigenvalue weighted by Gasteiger charge is -2.38. The number of piperidine rings is 1. The third-order valence-electron chi connectivity index (χ3n) is 6.12. The van der Waals surface area contributed by atoms with Crippen LogP contribution in [-0.4, -0.2) is 38.0 Å². The molecule has 0 saturated carbocycles. The summed E-state index contributed by atoms with van der Waals surface area (Å²) in [6.45, 7) is 4.69. The molecule has 0 aliphatic carbocycles. The Kier molecular flexibility index (Phi) is 5.59. The summed E-state index contributed by atoms with van der Waals surface area (Å²) in [4.78, 5) is 16.1. The van der Waals surface area contributed by atoms with Crippen LogP contribution in [0.1, 0.15) is 35.7 Å². The number of anilines is 1. The van der Waals surface area contributed by atoms with E-state index in [-0.39, 0.29) is 0 Å². The zero-order valence-corrected chi connectivity index (χ0v) is 18.2. The minimum absolute atomic E-state index is 0.566. The number of benzene rings is 1. The number of hydrogen-bond acceptors (Lipinski definition) is 7. The zero-order chi connectivity index (χ0) is 22.0. The van der Waals surface area contributed by atoms with E-state index in [1.807, 2.05) is 55.5 Å². The Morgan fingerprint density at radius 2 is 1.91 bits per heavy atom. The molecule has 1 saturated heterocycles. The maximum Gasteiger partial charge on any atom is 0.145 e. The Morgan fingerprint density at radius 1 is 1.06 bits per heavy atom. The van der Waals surface area contributed by atoms with Gasteiger partial charge in [-0.15, -0.1) is 0 Å². The highest BCUT2D eigenvalue weighted by molar-refractivity contribution is 5.88. The van der Waals surface area contributed by atoms with Gasteiger partial charge in [0.05, 0.1) is 24.2 Å². The molecule has 2 N–H and O–H groups in total. The summed E-state index contributed by atoms with van der Waals surface area (Å²) in [5.41, 5.74) is 0.990. The Morgan fingerprint density at radius 3 is 2.66 bits per heavy atom. The number of nitrogens with one attached hydrogen (secondary N) is 1. The van der Waals surface area contributed by atoms with Gasteiger partial charge in [0.2, 0.25) is 0 Å². The molecule has 0 bridgehead atoms. The van der Waals surface area contributed by atoms with E-state index >= 15 is 0 Å². The number of furan rings is 1. The molecule has 1 aliphatic heterocycles. The number of pyridine rings is 1. The third kappa shape index (κ3) is 4.35. The normalized spacial score (nSPS) is 16.3. The van der Waals surface area contributed by atoms with Crippen molar-refractivity contribution in [2.75, 3.05) is 18.4 Å². The number of hydrogen-bond donors (Lipinski definition) is 2. The van der Waals surface area contributed by atoms with Gasteiger partial charge in [-0.3, -0.25) is 9.88 Å². The highest BCUT2D eigenvalue weighted by Gasteiger charge is 2.34. The Balaban J connectivity index is 1.31. The molecule has 7 heteroatoms. The Labute approximate surface area is 187 Å². The smallest absolute Gasteiger partial charge is 0.145 e. The van der Waals surface area contributed by atoms with Crippen molar-refractivity contribution in [3.63, 3.8) is 0 Å². The maximum absolute atomic E-state index is 11.1. The quantitative estimate of drug-likeness (QED) is 0.479. The highest BCUT2D eigenvalue weighted by Crippen LogP contribution is 2.32. The molecule has 0 amide bonds. The summed E-state index contributed by atoms with van der Waals surface area (Å²) in [7, 11) is 0. The monoisotopic (exact) mass is 429 g/mol. The minimum atomic E-state index is -0.817. The molecule has 1 aliphatic rings. The molecule has 4 heterocycles. The predicted octanol–water partition coefficient (Wildman–Crippen LogP) is 4.02. The van der Waals surface area contributed by atoms with Gasteiger partial charge in [0, 0.05) is 36.4 Å². The zero-order valence-electron chi connectivity index (χ0n) is 18.2. The molecule has 4 aromatic rings. The van der Waals surface area contributed by atoms with E-state index in [9.17, 15) is 5.11 Å². The molecule has 164 valence electrons. The fourth-order valence-corrected chi connectivity index (χ4v) is 4.29. The van der Waals surface area contributed by atoms with Gasteiger partial charge in [0.15, 0.2) is 0 Å². The molecular weight excluding hydrogens is 402 g/mol. The second-order valence-corrected chi connectivity index (χ2v) is 8.42. The third-order valence-corrected chi connectivity index (χ3v) is 6.12. The van der Waals surface area contributed by atoms with Crippen molar-refractivity contribution >= 4 is 16.7 Å². The molecule has 5 rings (SSSR count). The predicted molar refractivity (Wildman–Crippen MR) is 123 cm³/mol. The lowest BCUT2D eigenvalue weighted by molar-refractivity contribution is -0.0284. The fourth-order valence-electron chi connectivity index (χ4n) is 4.29. The van der Waals surface area contributed by atoms with Crippen molar-refractivity contribution in [2.45, 2.75) is 38.5 Å². The van der Waals surface area contributed by atoms with Crippen molar-refractivity contribution in [3.8, 4) is 0 Å². The number of para-hydroxylation sites is 1. The molecule has 32 heavy (non-hydrogen) atoms. The van der Waals surface area contributed by atoms with Gasteiger partial charge in [0.25, 0.3) is 0 Å². The average Bonchev–Trinajstić information content (AvgIpc) is 3.25. The van der Waals surface area contributed by atoms with Crippen LogP contribution in [0.3, 0.4) is 0 Å².